The molecule has 0 bridgehead atoms. The maximum atomic E-state index is 12.6. The predicted octanol–water partition coefficient (Wildman–Crippen LogP) is -0.188. The van der Waals surface area contributed by atoms with Gasteiger partial charge < -0.3 is 0 Å². The molecule has 0 aromatic heterocycles. The van der Waals surface area contributed by atoms with Gasteiger partial charge in [0.05, 0.1) is 0 Å². The van der Waals surface area contributed by atoms with Crippen LogP contribution in [0.5, 0.6) is 0 Å². The van der Waals surface area contributed by atoms with Crippen molar-refractivity contribution in [2.24, 2.45) is 5.73 Å². The van der Waals surface area contributed by atoms with E-state index < -0.39 is 74.3 Å². The molecular formula is C20H36N5O8P. The summed E-state index contributed by atoms with van der Waals surface area (Å²) in [7, 11) is -5.39. The zero-order valence-electron chi connectivity index (χ0n) is 20.1. The Labute approximate surface area is 198 Å². The number of nitrogens with one attached hydrogen (secondary N) is 1. The van der Waals surface area contributed by atoms with Gasteiger partial charge in [-0.25, -0.2) is 0 Å². The van der Waals surface area contributed by atoms with Crippen molar-refractivity contribution in [3.63, 3.8) is 0 Å². The molecule has 0 aliphatic carbocycles. The van der Waals surface area contributed by atoms with Crippen molar-refractivity contribution in [2.75, 3.05) is 12.8 Å². The quantitative estimate of drug-likeness (QED) is 0.170. The number of aliphatic hydroxyl groups excluding tert-OH is 1. The number of carbonyl (C=O) groups excluding carboxylic acids is 2. The molecule has 2 rings (SSSR count). The number of ketones is 1. The van der Waals surface area contributed by atoms with Crippen molar-refractivity contribution in [3.05, 3.63) is 12.3 Å². The van der Waals surface area contributed by atoms with E-state index in [9.17, 15) is 29.6 Å². The molecule has 14 heteroatoms. The van der Waals surface area contributed by atoms with E-state index in [2.05, 4.69) is 5.32 Å². The van der Waals surface area contributed by atoms with Crippen LogP contribution >= 0.6 is 7.43 Å². The van der Waals surface area contributed by atoms with Gasteiger partial charge in [0, 0.05) is 0 Å². The minimum atomic E-state index is -5.39. The number of carbonyl (C=O) groups is 2. The van der Waals surface area contributed by atoms with Crippen LogP contribution in [0.1, 0.15) is 47.5 Å². The van der Waals surface area contributed by atoms with E-state index in [4.69, 9.17) is 20.3 Å². The van der Waals surface area contributed by atoms with Crippen LogP contribution in [-0.2, 0) is 14.1 Å². The number of aliphatic hydroxyl groups is 2. The molecule has 1 fully saturated rings. The molecule has 1 saturated heterocycles. The molecule has 2 amide bonds. The second kappa shape index (κ2) is 9.73. The predicted molar refractivity (Wildman–Crippen MR) is 122 cm³/mol. The molecule has 0 aromatic carbocycles. The van der Waals surface area contributed by atoms with Gasteiger partial charge in [0.25, 0.3) is 0 Å². The zero-order valence-corrected chi connectivity index (χ0v) is 21.0. The Bertz CT molecular complexity index is 870. The van der Waals surface area contributed by atoms with Crippen LogP contribution in [0, 0.1) is 11.3 Å². The normalized spacial score (nSPS) is 31.0. The van der Waals surface area contributed by atoms with E-state index in [1.165, 1.54) is 23.9 Å². The number of rotatable bonds is 10. The standard InChI is InChI=1S/C20H36N5O8P/c1-13(2)25(14(3)4)34(30,31,10-6-8-21)33-20(29)11-17(32-16(20)12-26)24-9-7-19(22,15(5)27)23-18(24)28/h7,9,13-14,16-17,26,29-31H,6,10-12,22H2,1-5H3,(H,23,28)/t16-,17-,19?,20-/m1/s1. The average Bonchev–Trinajstić information content (AvgIpc) is 3.00. The van der Waals surface area contributed by atoms with E-state index in [0.29, 0.717) is 0 Å². The SMILES string of the molecule is CC(=O)C1(N)C=CN([C@H]2C[C@@](O)(OP(O)(O)(CCC#N)N(C(C)C)C(C)C)[C@@H](CO)O2)C(=O)N1. The van der Waals surface area contributed by atoms with Crippen molar-refractivity contribution in [3.8, 4) is 6.07 Å². The Morgan fingerprint density at radius 3 is 2.47 bits per heavy atom. The maximum absolute atomic E-state index is 12.6. The summed E-state index contributed by atoms with van der Waals surface area (Å²) in [5.41, 5.74) is 4.15. The number of urea groups is 1. The van der Waals surface area contributed by atoms with E-state index >= 15 is 0 Å². The van der Waals surface area contributed by atoms with Gasteiger partial charge in [-0.1, -0.05) is 0 Å². The summed E-state index contributed by atoms with van der Waals surface area (Å²) >= 11 is 0. The first-order chi connectivity index (χ1) is 15.5. The average molecular weight is 506 g/mol. The number of amides is 2. The van der Waals surface area contributed by atoms with Crippen LogP contribution in [0.25, 0.3) is 0 Å². The molecule has 2 heterocycles. The van der Waals surface area contributed by atoms with Crippen LogP contribution in [0.4, 0.5) is 4.79 Å². The van der Waals surface area contributed by atoms with E-state index in [-0.39, 0.29) is 6.42 Å². The summed E-state index contributed by atoms with van der Waals surface area (Å²) in [4.78, 5) is 48.6. The van der Waals surface area contributed by atoms with Crippen LogP contribution in [0.2, 0.25) is 0 Å². The Morgan fingerprint density at radius 2 is 2.03 bits per heavy atom. The number of nitrogens with two attached hydrogens (primary N) is 1. The summed E-state index contributed by atoms with van der Waals surface area (Å²) in [6, 6.07) is 0.174. The van der Waals surface area contributed by atoms with Gasteiger partial charge in [0.15, 0.2) is 0 Å². The fraction of sp³-hybridized carbons (Fsp3) is 0.750. The first-order valence-corrected chi connectivity index (χ1v) is 13.2. The molecule has 34 heavy (non-hydrogen) atoms. The van der Waals surface area contributed by atoms with Crippen LogP contribution in [0.3, 0.4) is 0 Å². The fourth-order valence-electron chi connectivity index (χ4n) is 4.45. The second-order valence-corrected chi connectivity index (χ2v) is 12.5. The van der Waals surface area contributed by atoms with Gasteiger partial charge in [-0.15, -0.1) is 0 Å². The fourth-order valence-corrected chi connectivity index (χ4v) is 8.06. The van der Waals surface area contributed by atoms with E-state index in [1.54, 1.807) is 27.7 Å². The Balaban J connectivity index is 2.42. The van der Waals surface area contributed by atoms with E-state index in [1.807, 2.05) is 6.07 Å². The van der Waals surface area contributed by atoms with Crippen molar-refractivity contribution < 1.29 is 38.8 Å². The first kappa shape index (κ1) is 28.5. The van der Waals surface area contributed by atoms with Gasteiger partial charge in [0.1, 0.15) is 0 Å². The van der Waals surface area contributed by atoms with Crippen LogP contribution in [0.15, 0.2) is 12.3 Å². The Morgan fingerprint density at radius 1 is 1.44 bits per heavy atom. The van der Waals surface area contributed by atoms with Crippen molar-refractivity contribution >= 4 is 19.2 Å². The number of nitrogens with zero attached hydrogens (tertiary/aromatic N) is 3. The minimum absolute atomic E-state index is 0.272. The van der Waals surface area contributed by atoms with Crippen LogP contribution in [-0.4, -0.2) is 90.0 Å². The van der Waals surface area contributed by atoms with Gasteiger partial charge in [-0.2, -0.15) is 0 Å². The molecule has 194 valence electrons. The van der Waals surface area contributed by atoms with Gasteiger partial charge in [-0.3, -0.25) is 0 Å². The molecule has 2 aliphatic rings. The summed E-state index contributed by atoms with van der Waals surface area (Å²) in [5, 5.41) is 32.7. The molecule has 13 nitrogen and oxygen atoms in total. The zero-order chi connectivity index (χ0) is 26.1. The van der Waals surface area contributed by atoms with Crippen molar-refractivity contribution in [1.82, 2.24) is 14.9 Å². The molecule has 1 unspecified atom stereocenters. The third kappa shape index (κ3) is 5.41. The van der Waals surface area contributed by atoms with Crippen molar-refractivity contribution in [1.29, 1.82) is 5.26 Å². The number of hydrogen-bond donors (Lipinski definition) is 6. The monoisotopic (exact) mass is 505 g/mol. The second-order valence-electron chi connectivity index (χ2n) is 9.25. The Kier molecular flexibility index (Phi) is 8.16. The Hall–Kier alpha value is -1.72. The van der Waals surface area contributed by atoms with Gasteiger partial charge in [-0.05, 0) is 0 Å². The molecule has 0 saturated carbocycles. The summed E-state index contributed by atoms with van der Waals surface area (Å²) in [5.74, 6) is -2.93. The molecule has 2 aliphatic heterocycles. The first-order valence-electron chi connectivity index (χ1n) is 11.0. The molecular weight excluding hydrogens is 469 g/mol. The number of ether oxygens (including phenoxy) is 1. The summed E-state index contributed by atoms with van der Waals surface area (Å²) in [6.45, 7) is 7.28. The third-order valence-electron chi connectivity index (χ3n) is 5.88. The molecule has 0 spiro atoms. The van der Waals surface area contributed by atoms with E-state index in [0.717, 1.165) is 4.90 Å². The molecule has 7 N–H and O–H groups in total. The van der Waals surface area contributed by atoms with Gasteiger partial charge >= 0.3 is 198 Å². The third-order valence-corrected chi connectivity index (χ3v) is 9.43. The number of Topliss-reactive ketones (excluding diaryl/α,β-unsaturated/α-hetero) is 1. The molecule has 0 radical (unpaired) electrons. The summed E-state index contributed by atoms with van der Waals surface area (Å²) < 4.78 is 12.7. The number of nitriles is 1. The topological polar surface area (TPSA) is 202 Å². The molecule has 4 atom stereocenters. The molecule has 0 aromatic rings. The number of hydrogen-bond acceptors (Lipinski definition) is 11. The summed E-state index contributed by atoms with van der Waals surface area (Å²) in [6.07, 6.45) is -1.42. The van der Waals surface area contributed by atoms with Crippen LogP contribution < -0.4 is 11.1 Å². The van der Waals surface area contributed by atoms with Gasteiger partial charge in [0.2, 0.25) is 0 Å². The van der Waals surface area contributed by atoms with Crippen molar-refractivity contribution in [2.45, 2.75) is 83.3 Å².